The maximum atomic E-state index is 13.2. The van der Waals surface area contributed by atoms with Crippen molar-refractivity contribution in [3.05, 3.63) is 35.1 Å². The summed E-state index contributed by atoms with van der Waals surface area (Å²) in [5.74, 6) is -4.37. The predicted octanol–water partition coefficient (Wildman–Crippen LogP) is 1.59. The zero-order chi connectivity index (χ0) is 12.6. The fourth-order valence-electron chi connectivity index (χ4n) is 1.07. The van der Waals surface area contributed by atoms with Crippen LogP contribution >= 0.6 is 0 Å². The predicted molar refractivity (Wildman–Crippen MR) is 44.5 cm³/mol. The summed E-state index contributed by atoms with van der Waals surface area (Å²) < 4.78 is 53.7. The highest BCUT2D eigenvalue weighted by atomic mass is 19.4. The van der Waals surface area contributed by atoms with Crippen LogP contribution in [-0.2, 0) is 16.9 Å². The second-order valence-corrected chi connectivity index (χ2v) is 3.00. The SMILES string of the molecule is COC(O)(O)c1ccc(C(F)(F)F)cc1F. The Bertz CT molecular complexity index is 387. The Morgan fingerprint density at radius 1 is 1.19 bits per heavy atom. The average Bonchev–Trinajstić information content (AvgIpc) is 2.16. The number of ether oxygens (including phenoxy) is 1. The van der Waals surface area contributed by atoms with Gasteiger partial charge in [-0.15, -0.1) is 0 Å². The number of aliphatic hydroxyl groups is 2. The molecule has 0 heterocycles. The van der Waals surface area contributed by atoms with Gasteiger partial charge in [0.15, 0.2) is 0 Å². The van der Waals surface area contributed by atoms with Crippen molar-refractivity contribution in [1.82, 2.24) is 0 Å². The van der Waals surface area contributed by atoms with Gasteiger partial charge in [-0.2, -0.15) is 13.2 Å². The van der Waals surface area contributed by atoms with E-state index in [1.54, 1.807) is 0 Å². The zero-order valence-electron chi connectivity index (χ0n) is 8.05. The van der Waals surface area contributed by atoms with E-state index in [-0.39, 0.29) is 6.07 Å². The molecule has 0 bridgehead atoms. The number of methoxy groups -OCH3 is 1. The van der Waals surface area contributed by atoms with Crippen LogP contribution in [0.25, 0.3) is 0 Å². The molecule has 0 spiro atoms. The molecular formula is C9H8F4O3. The minimum Gasteiger partial charge on any atom is -0.339 e. The van der Waals surface area contributed by atoms with Crippen molar-refractivity contribution >= 4 is 0 Å². The van der Waals surface area contributed by atoms with Crippen LogP contribution in [-0.4, -0.2) is 17.3 Å². The Labute approximate surface area is 87.9 Å². The van der Waals surface area contributed by atoms with Gasteiger partial charge in [0.25, 0.3) is 0 Å². The minimum atomic E-state index is -4.69. The molecule has 1 rings (SSSR count). The lowest BCUT2D eigenvalue weighted by atomic mass is 10.1. The van der Waals surface area contributed by atoms with Gasteiger partial charge in [-0.1, -0.05) is 0 Å². The van der Waals surface area contributed by atoms with E-state index in [0.29, 0.717) is 12.1 Å². The van der Waals surface area contributed by atoms with Crippen molar-refractivity contribution in [3.8, 4) is 0 Å². The van der Waals surface area contributed by atoms with Crippen LogP contribution in [0.15, 0.2) is 18.2 Å². The third-order valence-corrected chi connectivity index (χ3v) is 1.93. The Balaban J connectivity index is 3.20. The molecule has 0 fully saturated rings. The third kappa shape index (κ3) is 2.49. The van der Waals surface area contributed by atoms with E-state index in [0.717, 1.165) is 7.11 Å². The largest absolute Gasteiger partial charge is 0.416 e. The van der Waals surface area contributed by atoms with Gasteiger partial charge in [0, 0.05) is 7.11 Å². The Morgan fingerprint density at radius 3 is 2.12 bits per heavy atom. The van der Waals surface area contributed by atoms with Gasteiger partial charge < -0.3 is 14.9 Å². The standard InChI is InChI=1S/C9H8F4O3/c1-16-9(14,15)6-3-2-5(4-7(6)10)8(11,12)13/h2-4,14-15H,1H3. The summed E-state index contributed by atoms with van der Waals surface area (Å²) in [5, 5.41) is 18.2. The van der Waals surface area contributed by atoms with Crippen molar-refractivity contribution in [1.29, 1.82) is 0 Å². The number of rotatable bonds is 2. The molecule has 0 atom stereocenters. The van der Waals surface area contributed by atoms with Crippen LogP contribution in [0.1, 0.15) is 11.1 Å². The molecule has 0 saturated carbocycles. The molecule has 3 nitrogen and oxygen atoms in total. The first-order valence-corrected chi connectivity index (χ1v) is 4.05. The van der Waals surface area contributed by atoms with E-state index < -0.39 is 29.1 Å². The summed E-state index contributed by atoms with van der Waals surface area (Å²) in [6.07, 6.45) is -4.69. The van der Waals surface area contributed by atoms with Gasteiger partial charge in [0.05, 0.1) is 11.1 Å². The first-order chi connectivity index (χ1) is 7.18. The highest BCUT2D eigenvalue weighted by molar-refractivity contribution is 5.28. The first kappa shape index (κ1) is 12.9. The summed E-state index contributed by atoms with van der Waals surface area (Å²) in [6, 6.07) is 1.29. The van der Waals surface area contributed by atoms with Crippen LogP contribution < -0.4 is 0 Å². The van der Waals surface area contributed by atoms with Crippen LogP contribution in [0.2, 0.25) is 0 Å². The van der Waals surface area contributed by atoms with Crippen molar-refractivity contribution in [2.24, 2.45) is 0 Å². The molecule has 0 unspecified atom stereocenters. The molecular weight excluding hydrogens is 232 g/mol. The summed E-state index contributed by atoms with van der Waals surface area (Å²) >= 11 is 0. The van der Waals surface area contributed by atoms with Gasteiger partial charge in [0.1, 0.15) is 5.82 Å². The molecule has 7 heteroatoms. The highest BCUT2D eigenvalue weighted by Gasteiger charge is 2.34. The average molecular weight is 240 g/mol. The third-order valence-electron chi connectivity index (χ3n) is 1.93. The number of benzene rings is 1. The van der Waals surface area contributed by atoms with Crippen molar-refractivity contribution in [2.75, 3.05) is 7.11 Å². The molecule has 0 aliphatic heterocycles. The normalized spacial score (nSPS) is 12.9. The van der Waals surface area contributed by atoms with E-state index in [9.17, 15) is 17.6 Å². The summed E-state index contributed by atoms with van der Waals surface area (Å²) in [5.41, 5.74) is -2.01. The smallest absolute Gasteiger partial charge is 0.339 e. The number of hydrogen-bond donors (Lipinski definition) is 2. The maximum Gasteiger partial charge on any atom is 0.416 e. The summed E-state index contributed by atoms with van der Waals surface area (Å²) in [4.78, 5) is 0. The van der Waals surface area contributed by atoms with Gasteiger partial charge in [-0.25, -0.2) is 4.39 Å². The van der Waals surface area contributed by atoms with Gasteiger partial charge >= 0.3 is 12.1 Å². The number of halogens is 4. The van der Waals surface area contributed by atoms with Crippen LogP contribution in [0.3, 0.4) is 0 Å². The van der Waals surface area contributed by atoms with Gasteiger partial charge in [-0.3, -0.25) is 0 Å². The first-order valence-electron chi connectivity index (χ1n) is 4.05. The lowest BCUT2D eigenvalue weighted by molar-refractivity contribution is -0.339. The van der Waals surface area contributed by atoms with Crippen LogP contribution in [0.4, 0.5) is 17.6 Å². The Hall–Kier alpha value is -1.18. The molecule has 0 aromatic heterocycles. The number of alkyl halides is 3. The molecule has 16 heavy (non-hydrogen) atoms. The zero-order valence-corrected chi connectivity index (χ0v) is 8.05. The van der Waals surface area contributed by atoms with E-state index in [2.05, 4.69) is 4.74 Å². The highest BCUT2D eigenvalue weighted by Crippen LogP contribution is 2.32. The molecule has 1 aromatic carbocycles. The maximum absolute atomic E-state index is 13.2. The second-order valence-electron chi connectivity index (χ2n) is 3.00. The van der Waals surface area contributed by atoms with Crippen molar-refractivity contribution < 1.29 is 32.5 Å². The molecule has 0 amide bonds. The topological polar surface area (TPSA) is 49.7 Å². The minimum absolute atomic E-state index is 0.162. The fourth-order valence-corrected chi connectivity index (χ4v) is 1.07. The van der Waals surface area contributed by atoms with Gasteiger partial charge in [0.2, 0.25) is 0 Å². The van der Waals surface area contributed by atoms with Crippen molar-refractivity contribution in [3.63, 3.8) is 0 Å². The quantitative estimate of drug-likeness (QED) is 0.609. The molecule has 2 N–H and O–H groups in total. The van der Waals surface area contributed by atoms with E-state index in [1.807, 2.05) is 0 Å². The molecule has 0 saturated heterocycles. The van der Waals surface area contributed by atoms with E-state index in [1.165, 1.54) is 0 Å². The summed E-state index contributed by atoms with van der Waals surface area (Å²) in [7, 11) is 0.872. The van der Waals surface area contributed by atoms with Crippen LogP contribution in [0.5, 0.6) is 0 Å². The molecule has 0 aliphatic carbocycles. The van der Waals surface area contributed by atoms with E-state index in [4.69, 9.17) is 10.2 Å². The van der Waals surface area contributed by atoms with E-state index >= 15 is 0 Å². The lowest BCUT2D eigenvalue weighted by Crippen LogP contribution is -2.28. The second kappa shape index (κ2) is 4.00. The van der Waals surface area contributed by atoms with Crippen molar-refractivity contribution in [2.45, 2.75) is 12.1 Å². The van der Waals surface area contributed by atoms with Crippen LogP contribution in [0, 0.1) is 5.82 Å². The summed E-state index contributed by atoms with van der Waals surface area (Å²) in [6.45, 7) is 0. The molecule has 1 aromatic rings. The lowest BCUT2D eigenvalue weighted by Gasteiger charge is -2.20. The number of hydrogen-bond acceptors (Lipinski definition) is 3. The molecule has 0 radical (unpaired) electrons. The molecule has 0 aliphatic rings. The monoisotopic (exact) mass is 240 g/mol. The van der Waals surface area contributed by atoms with Gasteiger partial charge in [-0.05, 0) is 18.2 Å². The molecule has 90 valence electrons. The Morgan fingerprint density at radius 2 is 1.75 bits per heavy atom. The Kier molecular flexibility index (Phi) is 3.22. The fraction of sp³-hybridized carbons (Fsp3) is 0.333.